The first-order valence-corrected chi connectivity index (χ1v) is 4.90. The van der Waals surface area contributed by atoms with Crippen molar-refractivity contribution in [2.75, 3.05) is 26.7 Å². The van der Waals surface area contributed by atoms with Gasteiger partial charge in [0.15, 0.2) is 0 Å². The number of carbonyl (C=O) groups is 1. The Bertz CT molecular complexity index is 224. The first-order valence-electron chi connectivity index (χ1n) is 4.90. The molecule has 1 atom stereocenters. The van der Waals surface area contributed by atoms with E-state index in [1.54, 1.807) is 0 Å². The van der Waals surface area contributed by atoms with E-state index < -0.39 is 18.6 Å². The minimum atomic E-state index is -4.31. The molecule has 1 amide bonds. The van der Waals surface area contributed by atoms with Gasteiger partial charge in [-0.1, -0.05) is 0 Å². The van der Waals surface area contributed by atoms with Crippen LogP contribution in [0.15, 0.2) is 0 Å². The van der Waals surface area contributed by atoms with Crippen molar-refractivity contribution in [2.45, 2.75) is 19.0 Å². The number of alkyl halides is 3. The zero-order valence-electron chi connectivity index (χ0n) is 8.60. The van der Waals surface area contributed by atoms with Gasteiger partial charge in [0.1, 0.15) is 6.54 Å². The number of carbonyl (C=O) groups excluding carboxylic acids is 1. The number of nitrogens with one attached hydrogen (secondary N) is 1. The molecule has 3 nitrogen and oxygen atoms in total. The lowest BCUT2D eigenvalue weighted by atomic mass is 10.0. The smallest absolute Gasteiger partial charge is 0.337 e. The number of hydrogen-bond acceptors (Lipinski definition) is 2. The predicted molar refractivity (Wildman–Crippen MR) is 49.3 cm³/mol. The molecule has 0 aromatic heterocycles. The van der Waals surface area contributed by atoms with Gasteiger partial charge in [-0.3, -0.25) is 4.79 Å². The molecule has 6 heteroatoms. The van der Waals surface area contributed by atoms with Gasteiger partial charge >= 0.3 is 6.18 Å². The maximum absolute atomic E-state index is 12.0. The van der Waals surface area contributed by atoms with Gasteiger partial charge in [0.2, 0.25) is 5.91 Å². The van der Waals surface area contributed by atoms with Crippen LogP contribution in [0.4, 0.5) is 13.2 Å². The number of amides is 1. The molecule has 0 saturated carbocycles. The Labute approximate surface area is 86.6 Å². The summed E-state index contributed by atoms with van der Waals surface area (Å²) in [5, 5.41) is 3.07. The van der Waals surface area contributed by atoms with E-state index >= 15 is 0 Å². The Morgan fingerprint density at radius 1 is 1.53 bits per heavy atom. The molecule has 0 bridgehead atoms. The van der Waals surface area contributed by atoms with Crippen LogP contribution >= 0.6 is 0 Å². The fraction of sp³-hybridized carbons (Fsp3) is 0.889. The summed E-state index contributed by atoms with van der Waals surface area (Å²) in [5.41, 5.74) is 0. The molecule has 1 fully saturated rings. The van der Waals surface area contributed by atoms with Crippen molar-refractivity contribution in [1.82, 2.24) is 10.2 Å². The summed E-state index contributed by atoms with van der Waals surface area (Å²) in [7, 11) is 1.19. The molecule has 1 rings (SSSR count). The topological polar surface area (TPSA) is 32.3 Å². The molecule has 0 radical (unpaired) electrons. The summed E-state index contributed by atoms with van der Waals surface area (Å²) < 4.78 is 35.9. The molecule has 1 N–H and O–H groups in total. The van der Waals surface area contributed by atoms with Crippen molar-refractivity contribution in [3.8, 4) is 0 Å². The van der Waals surface area contributed by atoms with Gasteiger partial charge < -0.3 is 10.2 Å². The predicted octanol–water partition coefficient (Wildman–Crippen LogP) is 1.01. The van der Waals surface area contributed by atoms with Gasteiger partial charge in [0, 0.05) is 13.5 Å². The molecule has 0 spiro atoms. The van der Waals surface area contributed by atoms with Crippen molar-refractivity contribution < 1.29 is 18.0 Å². The van der Waals surface area contributed by atoms with Gasteiger partial charge in [-0.2, -0.15) is 13.2 Å². The monoisotopic (exact) mass is 224 g/mol. The first kappa shape index (κ1) is 12.3. The standard InChI is InChI=1S/C9H15F3N2O/c1-14(6-9(10,11)12)8(15)4-7-2-3-13-5-7/h7,13H,2-6H2,1H3. The van der Waals surface area contributed by atoms with Crippen LogP contribution in [0.5, 0.6) is 0 Å². The number of hydrogen-bond donors (Lipinski definition) is 1. The van der Waals surface area contributed by atoms with Crippen molar-refractivity contribution in [1.29, 1.82) is 0 Å². The van der Waals surface area contributed by atoms with Crippen LogP contribution in [0.25, 0.3) is 0 Å². The van der Waals surface area contributed by atoms with E-state index in [4.69, 9.17) is 0 Å². The van der Waals surface area contributed by atoms with E-state index in [0.717, 1.165) is 24.4 Å². The van der Waals surface area contributed by atoms with Crippen molar-refractivity contribution >= 4 is 5.91 Å². The molecule has 1 unspecified atom stereocenters. The maximum atomic E-state index is 12.0. The molecule has 88 valence electrons. The van der Waals surface area contributed by atoms with E-state index in [0.29, 0.717) is 0 Å². The maximum Gasteiger partial charge on any atom is 0.406 e. The van der Waals surface area contributed by atoms with Gasteiger partial charge in [-0.05, 0) is 25.4 Å². The summed E-state index contributed by atoms with van der Waals surface area (Å²) in [6.07, 6.45) is -3.23. The second-order valence-corrected chi connectivity index (χ2v) is 3.93. The Morgan fingerprint density at radius 2 is 2.20 bits per heavy atom. The summed E-state index contributed by atoms with van der Waals surface area (Å²) >= 11 is 0. The normalized spacial score (nSPS) is 21.7. The van der Waals surface area contributed by atoms with E-state index in [1.807, 2.05) is 0 Å². The van der Waals surface area contributed by atoms with Crippen LogP contribution in [0, 0.1) is 5.92 Å². The highest BCUT2D eigenvalue weighted by molar-refractivity contribution is 5.76. The SMILES string of the molecule is CN(CC(F)(F)F)C(=O)CC1CCNC1. The number of halogens is 3. The van der Waals surface area contributed by atoms with Crippen LogP contribution < -0.4 is 5.32 Å². The van der Waals surface area contributed by atoms with Crippen LogP contribution in [0.3, 0.4) is 0 Å². The second kappa shape index (κ2) is 4.83. The summed E-state index contributed by atoms with van der Waals surface area (Å²) in [6.45, 7) is 0.415. The minimum Gasteiger partial charge on any atom is -0.337 e. The zero-order valence-corrected chi connectivity index (χ0v) is 8.60. The highest BCUT2D eigenvalue weighted by Crippen LogP contribution is 2.18. The van der Waals surface area contributed by atoms with Gasteiger partial charge in [0.05, 0.1) is 0 Å². The Morgan fingerprint density at radius 3 is 2.67 bits per heavy atom. The zero-order chi connectivity index (χ0) is 11.5. The number of rotatable bonds is 3. The molecule has 0 aliphatic carbocycles. The van der Waals surface area contributed by atoms with Crippen LogP contribution in [0.2, 0.25) is 0 Å². The molecule has 0 aromatic rings. The van der Waals surface area contributed by atoms with E-state index in [9.17, 15) is 18.0 Å². The van der Waals surface area contributed by atoms with Crippen LogP contribution in [-0.4, -0.2) is 43.7 Å². The van der Waals surface area contributed by atoms with Gasteiger partial charge in [0.25, 0.3) is 0 Å². The molecular weight excluding hydrogens is 209 g/mol. The summed E-state index contributed by atoms with van der Waals surface area (Å²) in [4.78, 5) is 12.1. The molecule has 15 heavy (non-hydrogen) atoms. The largest absolute Gasteiger partial charge is 0.406 e. The van der Waals surface area contributed by atoms with E-state index in [2.05, 4.69) is 5.32 Å². The molecule has 1 aliphatic rings. The van der Waals surface area contributed by atoms with Crippen LogP contribution in [0.1, 0.15) is 12.8 Å². The first-order chi connectivity index (χ1) is 6.88. The summed E-state index contributed by atoms with van der Waals surface area (Å²) in [5.74, 6) is -0.241. The molecule has 0 aromatic carbocycles. The number of nitrogens with zero attached hydrogens (tertiary/aromatic N) is 1. The third-order valence-corrected chi connectivity index (χ3v) is 2.47. The van der Waals surface area contributed by atoms with Crippen LogP contribution in [-0.2, 0) is 4.79 Å². The lowest BCUT2D eigenvalue weighted by molar-refractivity contribution is -0.158. The average Bonchev–Trinajstić information content (AvgIpc) is 2.53. The highest BCUT2D eigenvalue weighted by atomic mass is 19.4. The molecular formula is C9H15F3N2O. The molecule has 1 aliphatic heterocycles. The third-order valence-electron chi connectivity index (χ3n) is 2.47. The van der Waals surface area contributed by atoms with Crippen molar-refractivity contribution in [3.63, 3.8) is 0 Å². The van der Waals surface area contributed by atoms with E-state index in [-0.39, 0.29) is 12.3 Å². The van der Waals surface area contributed by atoms with Gasteiger partial charge in [-0.15, -0.1) is 0 Å². The summed E-state index contributed by atoms with van der Waals surface area (Å²) in [6, 6.07) is 0. The lowest BCUT2D eigenvalue weighted by Gasteiger charge is -2.20. The lowest BCUT2D eigenvalue weighted by Crippen LogP contribution is -2.36. The van der Waals surface area contributed by atoms with Crippen molar-refractivity contribution in [3.05, 3.63) is 0 Å². The Balaban J connectivity index is 2.32. The third kappa shape index (κ3) is 4.51. The average molecular weight is 224 g/mol. The quantitative estimate of drug-likeness (QED) is 0.775. The Hall–Kier alpha value is -0.780. The van der Waals surface area contributed by atoms with E-state index in [1.165, 1.54) is 7.05 Å². The minimum absolute atomic E-state index is 0.188. The highest BCUT2D eigenvalue weighted by Gasteiger charge is 2.31. The van der Waals surface area contributed by atoms with Crippen molar-refractivity contribution in [2.24, 2.45) is 5.92 Å². The second-order valence-electron chi connectivity index (χ2n) is 3.93. The molecule has 1 saturated heterocycles. The Kier molecular flexibility index (Phi) is 3.96. The fourth-order valence-corrected chi connectivity index (χ4v) is 1.65. The molecule has 1 heterocycles. The van der Waals surface area contributed by atoms with Gasteiger partial charge in [-0.25, -0.2) is 0 Å². The fourth-order valence-electron chi connectivity index (χ4n) is 1.65.